The van der Waals surface area contributed by atoms with Gasteiger partial charge in [0, 0.05) is 23.6 Å². The molecule has 0 unspecified atom stereocenters. The Morgan fingerprint density at radius 3 is 2.63 bits per heavy atom. The number of aliphatic carboxylic acids is 1. The van der Waals surface area contributed by atoms with Gasteiger partial charge in [-0.3, -0.25) is 4.79 Å². The summed E-state index contributed by atoms with van der Waals surface area (Å²) < 4.78 is 7.30. The number of hydrogen-bond donors (Lipinski definition) is 1. The van der Waals surface area contributed by atoms with Crippen LogP contribution in [-0.2, 0) is 16.8 Å². The van der Waals surface area contributed by atoms with Crippen LogP contribution in [0.2, 0.25) is 0 Å². The Morgan fingerprint density at radius 1 is 1.42 bits per heavy atom. The summed E-state index contributed by atoms with van der Waals surface area (Å²) in [6, 6.07) is 5.77. The molecule has 1 heterocycles. The average Bonchev–Trinajstić information content (AvgIpc) is 2.76. The van der Waals surface area contributed by atoms with Gasteiger partial charge in [-0.1, -0.05) is 0 Å². The van der Waals surface area contributed by atoms with Crippen LogP contribution in [0.15, 0.2) is 24.4 Å². The first-order valence-electron chi connectivity index (χ1n) is 6.32. The van der Waals surface area contributed by atoms with Gasteiger partial charge in [0.05, 0.1) is 12.5 Å². The quantitative estimate of drug-likeness (QED) is 0.920. The van der Waals surface area contributed by atoms with Crippen molar-refractivity contribution in [2.24, 2.45) is 0 Å². The number of carbonyl (C=O) groups is 1. The van der Waals surface area contributed by atoms with Crippen molar-refractivity contribution in [1.29, 1.82) is 0 Å². The van der Waals surface area contributed by atoms with Gasteiger partial charge in [-0.25, -0.2) is 0 Å². The van der Waals surface area contributed by atoms with Crippen LogP contribution >= 0.6 is 0 Å². The molecule has 1 aromatic heterocycles. The van der Waals surface area contributed by atoms with Crippen molar-refractivity contribution in [2.75, 3.05) is 7.11 Å². The molecule has 0 atom stereocenters. The molecule has 4 nitrogen and oxygen atoms in total. The van der Waals surface area contributed by atoms with Crippen LogP contribution in [0.1, 0.15) is 26.3 Å². The minimum absolute atomic E-state index is 0.740. The van der Waals surface area contributed by atoms with Crippen LogP contribution in [0.3, 0.4) is 0 Å². The number of methoxy groups -OCH3 is 1. The number of aromatic nitrogens is 1. The SMILES string of the molecule is CCn1cc(C(C)(C)C(=O)O)c2cc(OC)ccc21. The van der Waals surface area contributed by atoms with E-state index >= 15 is 0 Å². The number of benzene rings is 1. The highest BCUT2D eigenvalue weighted by Gasteiger charge is 2.32. The molecule has 19 heavy (non-hydrogen) atoms. The smallest absolute Gasteiger partial charge is 0.313 e. The Morgan fingerprint density at radius 2 is 2.11 bits per heavy atom. The van der Waals surface area contributed by atoms with Gasteiger partial charge < -0.3 is 14.4 Å². The number of ether oxygens (including phenoxy) is 1. The third kappa shape index (κ3) is 2.07. The monoisotopic (exact) mass is 261 g/mol. The Balaban J connectivity index is 2.76. The molecule has 0 fully saturated rings. The van der Waals surface area contributed by atoms with Crippen molar-refractivity contribution in [2.45, 2.75) is 32.7 Å². The fourth-order valence-corrected chi connectivity index (χ4v) is 2.28. The van der Waals surface area contributed by atoms with Crippen molar-refractivity contribution in [3.8, 4) is 5.75 Å². The van der Waals surface area contributed by atoms with Crippen molar-refractivity contribution < 1.29 is 14.6 Å². The molecule has 0 aliphatic heterocycles. The maximum Gasteiger partial charge on any atom is 0.313 e. The molecule has 0 aliphatic rings. The van der Waals surface area contributed by atoms with E-state index in [1.165, 1.54) is 0 Å². The lowest BCUT2D eigenvalue weighted by atomic mass is 9.84. The molecule has 0 saturated heterocycles. The molecule has 0 bridgehead atoms. The van der Waals surface area contributed by atoms with Gasteiger partial charge >= 0.3 is 5.97 Å². The molecule has 0 aliphatic carbocycles. The maximum atomic E-state index is 11.5. The third-order valence-electron chi connectivity index (χ3n) is 3.64. The van der Waals surface area contributed by atoms with Crippen LogP contribution in [0.5, 0.6) is 5.75 Å². The lowest BCUT2D eigenvalue weighted by Gasteiger charge is -2.18. The molecule has 102 valence electrons. The second kappa shape index (κ2) is 4.61. The zero-order valence-electron chi connectivity index (χ0n) is 11.7. The molecule has 0 spiro atoms. The predicted molar refractivity (Wildman–Crippen MR) is 74.8 cm³/mol. The Kier molecular flexibility index (Phi) is 3.27. The van der Waals surface area contributed by atoms with Gasteiger partial charge in [-0.2, -0.15) is 0 Å². The first kappa shape index (κ1) is 13.5. The Hall–Kier alpha value is -1.97. The van der Waals surface area contributed by atoms with Gasteiger partial charge in [-0.15, -0.1) is 0 Å². The maximum absolute atomic E-state index is 11.5. The first-order chi connectivity index (χ1) is 8.91. The number of carboxylic acids is 1. The van der Waals surface area contributed by atoms with E-state index in [0.29, 0.717) is 0 Å². The molecule has 2 aromatic rings. The van der Waals surface area contributed by atoms with E-state index in [2.05, 4.69) is 4.57 Å². The van der Waals surface area contributed by atoms with E-state index in [-0.39, 0.29) is 0 Å². The number of rotatable bonds is 4. The van der Waals surface area contributed by atoms with E-state index in [0.717, 1.165) is 28.8 Å². The second-order valence-electron chi connectivity index (χ2n) is 5.14. The highest BCUT2D eigenvalue weighted by molar-refractivity contribution is 5.92. The summed E-state index contributed by atoms with van der Waals surface area (Å²) in [5, 5.41) is 10.4. The molecular formula is C15H19NO3. The summed E-state index contributed by atoms with van der Waals surface area (Å²) in [6.45, 7) is 6.30. The topological polar surface area (TPSA) is 51.5 Å². The summed E-state index contributed by atoms with van der Waals surface area (Å²) in [7, 11) is 1.61. The summed E-state index contributed by atoms with van der Waals surface area (Å²) in [4.78, 5) is 11.5. The van der Waals surface area contributed by atoms with Crippen LogP contribution in [0.4, 0.5) is 0 Å². The van der Waals surface area contributed by atoms with Crippen molar-refractivity contribution in [1.82, 2.24) is 4.57 Å². The molecule has 0 amide bonds. The highest BCUT2D eigenvalue weighted by atomic mass is 16.5. The average molecular weight is 261 g/mol. The summed E-state index contributed by atoms with van der Waals surface area (Å²) in [6.07, 6.45) is 1.93. The largest absolute Gasteiger partial charge is 0.497 e. The summed E-state index contributed by atoms with van der Waals surface area (Å²) >= 11 is 0. The molecule has 1 aromatic carbocycles. The Labute approximate surface area is 112 Å². The third-order valence-corrected chi connectivity index (χ3v) is 3.64. The lowest BCUT2D eigenvalue weighted by Crippen LogP contribution is -2.28. The molecular weight excluding hydrogens is 242 g/mol. The number of nitrogens with zero attached hydrogens (tertiary/aromatic N) is 1. The van der Waals surface area contributed by atoms with Gasteiger partial charge in [0.1, 0.15) is 5.75 Å². The van der Waals surface area contributed by atoms with Crippen molar-refractivity contribution in [3.63, 3.8) is 0 Å². The molecule has 4 heteroatoms. The van der Waals surface area contributed by atoms with E-state index in [1.54, 1.807) is 21.0 Å². The summed E-state index contributed by atoms with van der Waals surface area (Å²) in [5.74, 6) is -0.0886. The fraction of sp³-hybridized carbons (Fsp3) is 0.400. The van der Waals surface area contributed by atoms with E-state index in [1.807, 2.05) is 31.3 Å². The van der Waals surface area contributed by atoms with Crippen molar-refractivity contribution in [3.05, 3.63) is 30.0 Å². The minimum Gasteiger partial charge on any atom is -0.497 e. The zero-order valence-corrected chi connectivity index (χ0v) is 11.7. The molecule has 0 saturated carbocycles. The van der Waals surface area contributed by atoms with Gasteiger partial charge in [0.15, 0.2) is 0 Å². The molecule has 1 N–H and O–H groups in total. The normalized spacial score (nSPS) is 11.8. The van der Waals surface area contributed by atoms with Crippen LogP contribution in [-0.4, -0.2) is 22.8 Å². The van der Waals surface area contributed by atoms with Crippen LogP contribution < -0.4 is 4.74 Å². The minimum atomic E-state index is -0.926. The van der Waals surface area contributed by atoms with Crippen molar-refractivity contribution >= 4 is 16.9 Å². The van der Waals surface area contributed by atoms with Crippen LogP contribution in [0.25, 0.3) is 10.9 Å². The summed E-state index contributed by atoms with van der Waals surface area (Å²) in [5.41, 5.74) is 0.925. The second-order valence-corrected chi connectivity index (χ2v) is 5.14. The first-order valence-corrected chi connectivity index (χ1v) is 6.32. The highest BCUT2D eigenvalue weighted by Crippen LogP contribution is 2.34. The fourth-order valence-electron chi connectivity index (χ4n) is 2.28. The standard InChI is InChI=1S/C15H19NO3/c1-5-16-9-12(15(2,3)14(17)18)11-8-10(19-4)6-7-13(11)16/h6-9H,5H2,1-4H3,(H,17,18). The van der Waals surface area contributed by atoms with E-state index in [9.17, 15) is 9.90 Å². The zero-order chi connectivity index (χ0) is 14.2. The molecule has 0 radical (unpaired) electrons. The van der Waals surface area contributed by atoms with Gasteiger partial charge in [0.2, 0.25) is 0 Å². The number of carboxylic acid groups (broad SMARTS) is 1. The van der Waals surface area contributed by atoms with Gasteiger partial charge in [0.25, 0.3) is 0 Å². The number of aryl methyl sites for hydroxylation is 1. The van der Waals surface area contributed by atoms with E-state index in [4.69, 9.17) is 4.74 Å². The molecule has 2 rings (SSSR count). The van der Waals surface area contributed by atoms with Gasteiger partial charge in [-0.05, 0) is 44.5 Å². The van der Waals surface area contributed by atoms with E-state index < -0.39 is 11.4 Å². The van der Waals surface area contributed by atoms with Crippen LogP contribution in [0, 0.1) is 0 Å². The predicted octanol–water partition coefficient (Wildman–Crippen LogP) is 3.03. The number of hydrogen-bond acceptors (Lipinski definition) is 2. The number of fused-ring (bicyclic) bond motifs is 1. The lowest BCUT2D eigenvalue weighted by molar-refractivity contribution is -0.142. The Bertz CT molecular complexity index is 626.